The van der Waals surface area contributed by atoms with Crippen LogP contribution in [-0.4, -0.2) is 50.0 Å². The molecule has 0 saturated heterocycles. The fourth-order valence-electron chi connectivity index (χ4n) is 6.56. The van der Waals surface area contributed by atoms with Gasteiger partial charge in [0.2, 0.25) is 0 Å². The summed E-state index contributed by atoms with van der Waals surface area (Å²) in [7, 11) is 0. The van der Waals surface area contributed by atoms with E-state index >= 15 is 0 Å². The first kappa shape index (κ1) is 14.2. The van der Waals surface area contributed by atoms with Gasteiger partial charge in [0, 0.05) is 5.41 Å². The number of tetrazole rings is 1. The van der Waals surface area contributed by atoms with Crippen LogP contribution in [0.2, 0.25) is 0 Å². The number of nitrogens with zero attached hydrogens (tertiary/aromatic N) is 9. The summed E-state index contributed by atoms with van der Waals surface area (Å²) in [6.45, 7) is 0. The predicted octanol–water partition coefficient (Wildman–Crippen LogP) is 1.23. The van der Waals surface area contributed by atoms with Crippen molar-refractivity contribution in [3.63, 3.8) is 0 Å². The van der Waals surface area contributed by atoms with Crippen LogP contribution < -0.4 is 0 Å². The minimum atomic E-state index is -0.0404. The van der Waals surface area contributed by atoms with Crippen molar-refractivity contribution in [2.45, 2.75) is 49.5 Å². The highest BCUT2D eigenvalue weighted by Crippen LogP contribution is 2.63. The Hall–Kier alpha value is -2.91. The lowest BCUT2D eigenvalue weighted by molar-refractivity contribution is -0.0785. The largest absolute Gasteiger partial charge is 0.261 e. The SMILES string of the molecule is c1nnn(C23CC4CC(CC(c5nc6c7cn[nH]c7ncn6n5)(C4)C2)C3)n1. The normalized spacial score (nSPS) is 34.8. The molecule has 10 heteroatoms. The zero-order valence-corrected chi connectivity index (χ0v) is 14.7. The summed E-state index contributed by atoms with van der Waals surface area (Å²) in [5.74, 6) is 2.29. The van der Waals surface area contributed by atoms with Gasteiger partial charge in [0.15, 0.2) is 23.4 Å². The first-order chi connectivity index (χ1) is 13.2. The van der Waals surface area contributed by atoms with E-state index in [1.54, 1.807) is 23.4 Å². The Morgan fingerprint density at radius 2 is 2.04 bits per heavy atom. The van der Waals surface area contributed by atoms with E-state index in [1.165, 1.54) is 6.42 Å². The van der Waals surface area contributed by atoms with Gasteiger partial charge < -0.3 is 0 Å². The molecule has 0 aromatic carbocycles. The topological polar surface area (TPSA) is 115 Å². The summed E-state index contributed by atoms with van der Waals surface area (Å²) in [4.78, 5) is 11.3. The smallest absolute Gasteiger partial charge is 0.170 e. The maximum atomic E-state index is 5.00. The van der Waals surface area contributed by atoms with Gasteiger partial charge >= 0.3 is 0 Å². The third-order valence-electron chi connectivity index (χ3n) is 7.07. The lowest BCUT2D eigenvalue weighted by Crippen LogP contribution is -2.59. The van der Waals surface area contributed by atoms with Gasteiger partial charge in [0.25, 0.3) is 0 Å². The van der Waals surface area contributed by atoms with Crippen molar-refractivity contribution in [1.29, 1.82) is 0 Å². The van der Waals surface area contributed by atoms with Gasteiger partial charge in [-0.3, -0.25) is 5.10 Å². The number of hydrogen-bond acceptors (Lipinski definition) is 7. The quantitative estimate of drug-likeness (QED) is 0.570. The molecule has 4 fully saturated rings. The number of fused-ring (bicyclic) bond motifs is 3. The second-order valence-corrected chi connectivity index (χ2v) is 8.77. The number of rotatable bonds is 2. The summed E-state index contributed by atoms with van der Waals surface area (Å²) >= 11 is 0. The van der Waals surface area contributed by atoms with Crippen LogP contribution >= 0.6 is 0 Å². The third-order valence-corrected chi connectivity index (χ3v) is 7.07. The van der Waals surface area contributed by atoms with Crippen LogP contribution in [0.15, 0.2) is 18.9 Å². The van der Waals surface area contributed by atoms with Gasteiger partial charge in [-0.1, -0.05) is 0 Å². The zero-order chi connectivity index (χ0) is 17.6. The number of H-pyrrole nitrogens is 1. The number of aromatic amines is 1. The van der Waals surface area contributed by atoms with Gasteiger partial charge in [-0.15, -0.1) is 15.3 Å². The summed E-state index contributed by atoms with van der Waals surface area (Å²) in [6.07, 6.45) is 11.9. The molecule has 4 aliphatic carbocycles. The lowest BCUT2D eigenvalue weighted by Gasteiger charge is -2.60. The van der Waals surface area contributed by atoms with Gasteiger partial charge in [-0.05, 0) is 55.6 Å². The number of nitrogens with one attached hydrogen (secondary N) is 1. The monoisotopic (exact) mass is 362 g/mol. The molecular formula is C17H18N10. The Bertz CT molecular complexity index is 1160. The van der Waals surface area contributed by atoms with E-state index in [0.717, 1.165) is 54.6 Å². The molecule has 0 radical (unpaired) electrons. The Morgan fingerprint density at radius 3 is 2.85 bits per heavy atom. The van der Waals surface area contributed by atoms with Gasteiger partial charge in [-0.25, -0.2) is 14.5 Å². The molecule has 0 amide bonds. The first-order valence-corrected chi connectivity index (χ1v) is 9.52. The molecule has 4 aromatic heterocycles. The molecule has 10 nitrogen and oxygen atoms in total. The minimum Gasteiger partial charge on any atom is -0.261 e. The molecule has 4 saturated carbocycles. The Kier molecular flexibility index (Phi) is 2.36. The second kappa shape index (κ2) is 4.49. The number of hydrogen-bond donors (Lipinski definition) is 1. The standard InChI is InChI=1S/C17H18N10/c1-10-2-16(3-11(1)5-17(4-10,7-16)27-21-8-20-25-27)15-22-14-12-6-19-23-13(12)18-9-26(14)24-15/h6,8-11H,1-5,7H2,(H,19,23). The van der Waals surface area contributed by atoms with Crippen molar-refractivity contribution in [3.05, 3.63) is 24.7 Å². The molecule has 0 aliphatic heterocycles. The molecule has 2 atom stereocenters. The minimum absolute atomic E-state index is 0.0141. The summed E-state index contributed by atoms with van der Waals surface area (Å²) in [5.41, 5.74) is 1.52. The van der Waals surface area contributed by atoms with Crippen LogP contribution in [0.5, 0.6) is 0 Å². The average Bonchev–Trinajstić information content (AvgIpc) is 3.39. The summed E-state index contributed by atoms with van der Waals surface area (Å²) < 4.78 is 1.80. The number of aromatic nitrogens is 10. The van der Waals surface area contributed by atoms with Gasteiger partial charge in [0.1, 0.15) is 6.33 Å². The lowest BCUT2D eigenvalue weighted by atomic mass is 9.46. The molecule has 8 rings (SSSR count). The first-order valence-electron chi connectivity index (χ1n) is 9.52. The molecule has 1 N–H and O–H groups in total. The van der Waals surface area contributed by atoms with Crippen LogP contribution in [0.3, 0.4) is 0 Å². The van der Waals surface area contributed by atoms with E-state index in [9.17, 15) is 0 Å². The highest BCUT2D eigenvalue weighted by Gasteiger charge is 2.61. The fraction of sp³-hybridized carbons (Fsp3) is 0.588. The average molecular weight is 362 g/mol. The molecular weight excluding hydrogens is 344 g/mol. The summed E-state index contributed by atoms with van der Waals surface area (Å²) in [5, 5.41) is 25.5. The van der Waals surface area contributed by atoms with Gasteiger partial charge in [-0.2, -0.15) is 9.90 Å². The molecule has 0 spiro atoms. The van der Waals surface area contributed by atoms with E-state index in [4.69, 9.17) is 10.1 Å². The van der Waals surface area contributed by atoms with Crippen molar-refractivity contribution >= 4 is 16.7 Å². The molecule has 4 aliphatic rings. The Labute approximate surface area is 153 Å². The second-order valence-electron chi connectivity index (χ2n) is 8.77. The fourth-order valence-corrected chi connectivity index (χ4v) is 6.56. The van der Waals surface area contributed by atoms with Crippen molar-refractivity contribution in [2.75, 3.05) is 0 Å². The van der Waals surface area contributed by atoms with Crippen LogP contribution in [0, 0.1) is 11.8 Å². The zero-order valence-electron chi connectivity index (χ0n) is 14.7. The maximum Gasteiger partial charge on any atom is 0.170 e. The molecule has 4 aromatic rings. The van der Waals surface area contributed by atoms with E-state index in [1.807, 2.05) is 4.80 Å². The van der Waals surface area contributed by atoms with Crippen molar-refractivity contribution in [1.82, 2.24) is 50.0 Å². The van der Waals surface area contributed by atoms with Crippen molar-refractivity contribution < 1.29 is 0 Å². The van der Waals surface area contributed by atoms with Crippen LogP contribution in [0.1, 0.15) is 44.3 Å². The maximum absolute atomic E-state index is 5.00. The Morgan fingerprint density at radius 1 is 1.15 bits per heavy atom. The molecule has 4 bridgehead atoms. The van der Waals surface area contributed by atoms with Gasteiger partial charge in [0.05, 0.1) is 17.1 Å². The van der Waals surface area contributed by atoms with Crippen molar-refractivity contribution in [3.8, 4) is 0 Å². The third kappa shape index (κ3) is 1.73. The summed E-state index contributed by atoms with van der Waals surface area (Å²) in [6, 6.07) is 0. The Balaban J connectivity index is 1.41. The molecule has 27 heavy (non-hydrogen) atoms. The molecule has 4 heterocycles. The van der Waals surface area contributed by atoms with Crippen LogP contribution in [0.25, 0.3) is 16.7 Å². The van der Waals surface area contributed by atoms with E-state index in [0.29, 0.717) is 11.8 Å². The van der Waals surface area contributed by atoms with E-state index < -0.39 is 0 Å². The van der Waals surface area contributed by atoms with Crippen molar-refractivity contribution in [2.24, 2.45) is 11.8 Å². The molecule has 136 valence electrons. The van der Waals surface area contributed by atoms with Crippen LogP contribution in [-0.2, 0) is 11.0 Å². The molecule has 2 unspecified atom stereocenters. The van der Waals surface area contributed by atoms with E-state index in [-0.39, 0.29) is 11.0 Å². The highest BCUT2D eigenvalue weighted by atomic mass is 15.6. The van der Waals surface area contributed by atoms with Crippen LogP contribution in [0.4, 0.5) is 0 Å². The highest BCUT2D eigenvalue weighted by molar-refractivity contribution is 5.87. The predicted molar refractivity (Wildman–Crippen MR) is 92.6 cm³/mol. The van der Waals surface area contributed by atoms with E-state index in [2.05, 4.69) is 30.6 Å².